The van der Waals surface area contributed by atoms with Crippen molar-refractivity contribution in [2.24, 2.45) is 7.05 Å². The molecule has 0 aliphatic carbocycles. The number of hydrogen-bond donors (Lipinski definition) is 0. The molecule has 11 heteroatoms. The first-order chi connectivity index (χ1) is 14.9. The van der Waals surface area contributed by atoms with Crippen LogP contribution in [0.4, 0.5) is 0 Å². The Labute approximate surface area is 181 Å². The Bertz CT molecular complexity index is 1480. The van der Waals surface area contributed by atoms with E-state index in [4.69, 9.17) is 4.42 Å². The highest BCUT2D eigenvalue weighted by atomic mass is 32.2. The molecule has 0 unspecified atom stereocenters. The van der Waals surface area contributed by atoms with Crippen LogP contribution < -0.4 is 5.76 Å². The summed E-state index contributed by atoms with van der Waals surface area (Å²) in [5.41, 5.74) is 1.15. The lowest BCUT2D eigenvalue weighted by molar-refractivity contribution is 0.0695. The maximum atomic E-state index is 13.1. The van der Waals surface area contributed by atoms with Gasteiger partial charge in [0.05, 0.1) is 15.1 Å². The van der Waals surface area contributed by atoms with Crippen LogP contribution in [0.25, 0.3) is 21.2 Å². The molecular formula is C20H18N4O5S2. The van der Waals surface area contributed by atoms with Crippen molar-refractivity contribution in [2.75, 3.05) is 26.2 Å². The summed E-state index contributed by atoms with van der Waals surface area (Å²) in [5.74, 6) is -0.742. The van der Waals surface area contributed by atoms with Crippen LogP contribution in [-0.4, -0.2) is 58.6 Å². The molecule has 5 rings (SSSR count). The topological polar surface area (TPSA) is 106 Å². The van der Waals surface area contributed by atoms with Gasteiger partial charge in [0, 0.05) is 44.7 Å². The van der Waals surface area contributed by atoms with Crippen LogP contribution in [0, 0.1) is 0 Å². The molecule has 4 aromatic rings. The van der Waals surface area contributed by atoms with Crippen LogP contribution in [-0.2, 0) is 17.1 Å². The molecule has 0 N–H and O–H groups in total. The highest BCUT2D eigenvalue weighted by molar-refractivity contribution is 7.89. The quantitative estimate of drug-likeness (QED) is 0.464. The number of carbonyl (C=O) groups excluding carboxylic acids is 1. The van der Waals surface area contributed by atoms with Gasteiger partial charge in [0.15, 0.2) is 5.58 Å². The second-order valence-corrected chi connectivity index (χ2v) is 10.0. The van der Waals surface area contributed by atoms with Crippen LogP contribution in [0.15, 0.2) is 56.6 Å². The zero-order valence-electron chi connectivity index (χ0n) is 16.5. The smallest absolute Gasteiger partial charge is 0.408 e. The van der Waals surface area contributed by atoms with Crippen molar-refractivity contribution in [3.05, 3.63) is 58.7 Å². The van der Waals surface area contributed by atoms with E-state index < -0.39 is 15.8 Å². The monoisotopic (exact) mass is 458 g/mol. The van der Waals surface area contributed by atoms with Gasteiger partial charge < -0.3 is 9.32 Å². The van der Waals surface area contributed by atoms with Crippen LogP contribution in [0.3, 0.4) is 0 Å². The van der Waals surface area contributed by atoms with Crippen molar-refractivity contribution >= 4 is 48.6 Å². The number of sulfonamides is 1. The van der Waals surface area contributed by atoms with Gasteiger partial charge in [0.25, 0.3) is 5.91 Å². The predicted octanol–water partition coefficient (Wildman–Crippen LogP) is 1.89. The average Bonchev–Trinajstić information content (AvgIpc) is 3.34. The van der Waals surface area contributed by atoms with E-state index in [0.717, 1.165) is 10.1 Å². The van der Waals surface area contributed by atoms with Gasteiger partial charge >= 0.3 is 5.76 Å². The third-order valence-electron chi connectivity index (χ3n) is 5.51. The highest BCUT2D eigenvalue weighted by Crippen LogP contribution is 2.25. The van der Waals surface area contributed by atoms with E-state index in [2.05, 4.69) is 4.37 Å². The minimum Gasteiger partial charge on any atom is -0.408 e. The molecule has 0 radical (unpaired) electrons. The van der Waals surface area contributed by atoms with Crippen LogP contribution >= 0.6 is 11.5 Å². The molecule has 160 valence electrons. The second-order valence-electron chi connectivity index (χ2n) is 7.28. The van der Waals surface area contributed by atoms with Gasteiger partial charge in [-0.15, -0.1) is 0 Å². The number of rotatable bonds is 3. The Balaban J connectivity index is 1.35. The first-order valence-corrected chi connectivity index (χ1v) is 11.8. The number of amides is 1. The summed E-state index contributed by atoms with van der Waals surface area (Å²) in [5, 5.41) is 0.810. The first kappa shape index (κ1) is 19.9. The molecule has 0 atom stereocenters. The second kappa shape index (κ2) is 7.29. The van der Waals surface area contributed by atoms with Gasteiger partial charge in [-0.3, -0.25) is 9.36 Å². The summed E-state index contributed by atoms with van der Waals surface area (Å²) in [6, 6.07) is 11.9. The number of fused-ring (bicyclic) bond motifs is 2. The lowest BCUT2D eigenvalue weighted by atomic mass is 10.2. The van der Waals surface area contributed by atoms with Crippen molar-refractivity contribution < 1.29 is 17.6 Å². The van der Waals surface area contributed by atoms with Gasteiger partial charge in [0.2, 0.25) is 10.0 Å². The summed E-state index contributed by atoms with van der Waals surface area (Å²) in [6.07, 6.45) is 0. The zero-order chi connectivity index (χ0) is 21.8. The highest BCUT2D eigenvalue weighted by Gasteiger charge is 2.32. The minimum absolute atomic E-state index is 0.0552. The standard InChI is InChI=1S/C20H18N4O5S2/c1-22-15-7-6-13(12-16(15)29-20(22)26)31(27,28)24-10-8-23(9-11-24)19(25)18-14-4-2-3-5-17(14)30-21-18/h2-7,12H,8-11H2,1H3. The largest absolute Gasteiger partial charge is 0.419 e. The SMILES string of the molecule is Cn1c(=O)oc2cc(S(=O)(=O)N3CCN(C(=O)c4nsc5ccccc45)CC3)ccc21. The Kier molecular flexibility index (Phi) is 4.68. The van der Waals surface area contributed by atoms with Gasteiger partial charge in [-0.2, -0.15) is 8.68 Å². The number of piperazine rings is 1. The molecule has 2 aromatic carbocycles. The molecule has 1 aliphatic heterocycles. The normalized spacial score (nSPS) is 15.7. The van der Waals surface area contributed by atoms with Gasteiger partial charge in [-0.25, -0.2) is 13.2 Å². The van der Waals surface area contributed by atoms with Crippen LogP contribution in [0.1, 0.15) is 10.5 Å². The van der Waals surface area contributed by atoms with Crippen molar-refractivity contribution in [3.8, 4) is 0 Å². The molecule has 3 heterocycles. The molecule has 1 aliphatic rings. The summed E-state index contributed by atoms with van der Waals surface area (Å²) in [6.45, 7) is 0.888. The van der Waals surface area contributed by atoms with E-state index in [1.165, 1.54) is 32.5 Å². The van der Waals surface area contributed by atoms with E-state index >= 15 is 0 Å². The number of aromatic nitrogens is 2. The van der Waals surface area contributed by atoms with E-state index in [-0.39, 0.29) is 42.6 Å². The number of benzene rings is 2. The maximum absolute atomic E-state index is 13.1. The molecule has 1 amide bonds. The van der Waals surface area contributed by atoms with E-state index in [1.807, 2.05) is 24.3 Å². The lowest BCUT2D eigenvalue weighted by Gasteiger charge is -2.33. The Morgan fingerprint density at radius 1 is 1.10 bits per heavy atom. The fourth-order valence-corrected chi connectivity index (χ4v) is 5.95. The number of oxazole rings is 1. The van der Waals surface area contributed by atoms with E-state index in [0.29, 0.717) is 11.2 Å². The molecule has 1 saturated heterocycles. The van der Waals surface area contributed by atoms with Crippen molar-refractivity contribution in [2.45, 2.75) is 4.90 Å². The molecule has 0 saturated carbocycles. The average molecular weight is 459 g/mol. The first-order valence-electron chi connectivity index (χ1n) is 9.60. The summed E-state index contributed by atoms with van der Waals surface area (Å²) in [7, 11) is -2.22. The predicted molar refractivity (Wildman–Crippen MR) is 116 cm³/mol. The number of nitrogens with zero attached hydrogens (tertiary/aromatic N) is 4. The fraction of sp³-hybridized carbons (Fsp3) is 0.250. The third kappa shape index (κ3) is 3.25. The molecule has 9 nitrogen and oxygen atoms in total. The van der Waals surface area contributed by atoms with Crippen molar-refractivity contribution in [1.82, 2.24) is 18.1 Å². The minimum atomic E-state index is -3.78. The van der Waals surface area contributed by atoms with Crippen molar-refractivity contribution in [3.63, 3.8) is 0 Å². The molecule has 31 heavy (non-hydrogen) atoms. The molecule has 2 aromatic heterocycles. The molecular weight excluding hydrogens is 440 g/mol. The Hall–Kier alpha value is -3.02. The molecule has 1 fully saturated rings. The Morgan fingerprint density at radius 2 is 1.84 bits per heavy atom. The molecule has 0 bridgehead atoms. The van der Waals surface area contributed by atoms with E-state index in [9.17, 15) is 18.0 Å². The van der Waals surface area contributed by atoms with E-state index in [1.54, 1.807) is 18.0 Å². The van der Waals surface area contributed by atoms with Gasteiger partial charge in [-0.1, -0.05) is 18.2 Å². The van der Waals surface area contributed by atoms with Crippen LogP contribution in [0.2, 0.25) is 0 Å². The van der Waals surface area contributed by atoms with Crippen LogP contribution in [0.5, 0.6) is 0 Å². The molecule has 0 spiro atoms. The Morgan fingerprint density at radius 3 is 2.61 bits per heavy atom. The third-order valence-corrected chi connectivity index (χ3v) is 8.23. The zero-order valence-corrected chi connectivity index (χ0v) is 18.1. The number of hydrogen-bond acceptors (Lipinski definition) is 7. The lowest BCUT2D eigenvalue weighted by Crippen LogP contribution is -2.50. The number of aryl methyl sites for hydroxylation is 1. The summed E-state index contributed by atoms with van der Waals surface area (Å²) < 4.78 is 39.2. The van der Waals surface area contributed by atoms with Crippen molar-refractivity contribution in [1.29, 1.82) is 0 Å². The summed E-state index contributed by atoms with van der Waals surface area (Å²) in [4.78, 5) is 26.3. The maximum Gasteiger partial charge on any atom is 0.419 e. The van der Waals surface area contributed by atoms with Gasteiger partial charge in [-0.05, 0) is 29.7 Å². The fourth-order valence-electron chi connectivity index (χ4n) is 3.75. The van der Waals surface area contributed by atoms with Gasteiger partial charge in [0.1, 0.15) is 5.69 Å². The summed E-state index contributed by atoms with van der Waals surface area (Å²) >= 11 is 1.28. The number of carbonyl (C=O) groups is 1.